The predicted molar refractivity (Wildman–Crippen MR) is 58.7 cm³/mol. The molecule has 0 aliphatic heterocycles. The third kappa shape index (κ3) is 1.68. The normalized spacial score (nSPS) is 28.8. The monoisotopic (exact) mass is 270 g/mol. The zero-order valence-electron chi connectivity index (χ0n) is 7.98. The van der Waals surface area contributed by atoms with Crippen molar-refractivity contribution in [3.05, 3.63) is 34.3 Å². The van der Waals surface area contributed by atoms with Gasteiger partial charge in [-0.05, 0) is 24.1 Å². The minimum Gasteiger partial charge on any atom is -0.481 e. The molecule has 4 heteroatoms. The van der Waals surface area contributed by atoms with Gasteiger partial charge in [0.15, 0.2) is 0 Å². The molecule has 2 atom stereocenters. The Hall–Kier alpha value is -0.870. The number of hydrogen-bond acceptors (Lipinski definition) is 2. The first-order valence-electron chi connectivity index (χ1n) is 4.70. The van der Waals surface area contributed by atoms with Gasteiger partial charge in [-0.1, -0.05) is 28.1 Å². The van der Waals surface area contributed by atoms with E-state index in [9.17, 15) is 4.79 Å². The Morgan fingerprint density at radius 1 is 1.47 bits per heavy atom. The minimum atomic E-state index is -0.937. The second-order valence-electron chi connectivity index (χ2n) is 3.93. The molecule has 0 saturated heterocycles. The van der Waals surface area contributed by atoms with Crippen molar-refractivity contribution in [3.8, 4) is 0 Å². The highest BCUT2D eigenvalue weighted by Gasteiger charge is 2.60. The highest BCUT2D eigenvalue weighted by molar-refractivity contribution is 9.10. The molecule has 1 aliphatic carbocycles. The summed E-state index contributed by atoms with van der Waals surface area (Å²) in [6, 6.07) is 7.57. The smallest absolute Gasteiger partial charge is 0.312 e. The van der Waals surface area contributed by atoms with E-state index in [1.165, 1.54) is 0 Å². The summed E-state index contributed by atoms with van der Waals surface area (Å²) >= 11 is 3.32. The van der Waals surface area contributed by atoms with Gasteiger partial charge < -0.3 is 10.2 Å². The fourth-order valence-corrected chi connectivity index (χ4v) is 2.18. The van der Waals surface area contributed by atoms with Crippen LogP contribution in [0.25, 0.3) is 0 Å². The average molecular weight is 271 g/mol. The molecule has 0 bridgehead atoms. The van der Waals surface area contributed by atoms with Gasteiger partial charge in [0.05, 0.1) is 12.0 Å². The van der Waals surface area contributed by atoms with E-state index in [2.05, 4.69) is 15.9 Å². The van der Waals surface area contributed by atoms with Gasteiger partial charge in [-0.2, -0.15) is 0 Å². The molecule has 1 saturated carbocycles. The number of aliphatic carboxylic acids is 1. The number of aliphatic hydroxyl groups excluding tert-OH is 1. The summed E-state index contributed by atoms with van der Waals surface area (Å²) in [5.41, 5.74) is 0.0445. The largest absolute Gasteiger partial charge is 0.481 e. The van der Waals surface area contributed by atoms with Crippen molar-refractivity contribution in [2.24, 2.45) is 5.41 Å². The molecule has 0 radical (unpaired) electrons. The van der Waals surface area contributed by atoms with Crippen LogP contribution in [0.4, 0.5) is 0 Å². The zero-order valence-corrected chi connectivity index (χ0v) is 9.57. The molecule has 2 N–H and O–H groups in total. The molecular weight excluding hydrogens is 260 g/mol. The molecule has 0 spiro atoms. The first-order chi connectivity index (χ1) is 7.10. The zero-order chi connectivity index (χ0) is 11.1. The van der Waals surface area contributed by atoms with Crippen LogP contribution < -0.4 is 0 Å². The van der Waals surface area contributed by atoms with Gasteiger partial charge in [0.1, 0.15) is 0 Å². The van der Waals surface area contributed by atoms with Crippen LogP contribution >= 0.6 is 15.9 Å². The Morgan fingerprint density at radius 3 is 2.47 bits per heavy atom. The standard InChI is InChI=1S/C11H11BrO3/c12-8-3-1-7(2-4-8)9-5-11(9,6-13)10(14)15/h1-4,9,13H,5-6H2,(H,14,15). The molecule has 1 aromatic carbocycles. The molecule has 1 fully saturated rings. The first kappa shape index (κ1) is 10.6. The maximum Gasteiger partial charge on any atom is 0.312 e. The van der Waals surface area contributed by atoms with Crippen molar-refractivity contribution in [3.63, 3.8) is 0 Å². The van der Waals surface area contributed by atoms with E-state index in [4.69, 9.17) is 10.2 Å². The number of carboxylic acids is 1. The molecule has 0 amide bonds. The Morgan fingerprint density at radius 2 is 2.07 bits per heavy atom. The van der Waals surface area contributed by atoms with Crippen LogP contribution in [-0.4, -0.2) is 22.8 Å². The quantitative estimate of drug-likeness (QED) is 0.884. The Labute approximate surface area is 95.9 Å². The van der Waals surface area contributed by atoms with Gasteiger partial charge in [0.2, 0.25) is 0 Å². The maximum absolute atomic E-state index is 11.0. The summed E-state index contributed by atoms with van der Waals surface area (Å²) in [5, 5.41) is 18.1. The number of carbonyl (C=O) groups is 1. The minimum absolute atomic E-state index is 0.0481. The molecule has 15 heavy (non-hydrogen) atoms. The van der Waals surface area contributed by atoms with Gasteiger partial charge in [-0.3, -0.25) is 4.79 Å². The lowest BCUT2D eigenvalue weighted by molar-refractivity contribution is -0.145. The van der Waals surface area contributed by atoms with Crippen LogP contribution in [0.15, 0.2) is 28.7 Å². The Bertz CT molecular complexity index is 387. The van der Waals surface area contributed by atoms with Crippen LogP contribution in [0.3, 0.4) is 0 Å². The molecular formula is C11H11BrO3. The summed E-state index contributed by atoms with van der Waals surface area (Å²) in [6.07, 6.45) is 0.528. The second-order valence-corrected chi connectivity index (χ2v) is 4.84. The van der Waals surface area contributed by atoms with E-state index in [1.54, 1.807) is 0 Å². The summed E-state index contributed by atoms with van der Waals surface area (Å²) in [7, 11) is 0. The van der Waals surface area contributed by atoms with Crippen molar-refractivity contribution >= 4 is 21.9 Å². The van der Waals surface area contributed by atoms with Gasteiger partial charge in [0, 0.05) is 10.4 Å². The predicted octanol–water partition coefficient (Wildman–Crippen LogP) is 2.00. The third-order valence-electron chi connectivity index (χ3n) is 3.06. The van der Waals surface area contributed by atoms with Gasteiger partial charge in [-0.25, -0.2) is 0 Å². The van der Waals surface area contributed by atoms with E-state index in [-0.39, 0.29) is 12.5 Å². The lowest BCUT2D eigenvalue weighted by atomic mass is 10.0. The fraction of sp³-hybridized carbons (Fsp3) is 0.364. The van der Waals surface area contributed by atoms with Crippen LogP contribution in [0, 0.1) is 5.41 Å². The molecule has 80 valence electrons. The summed E-state index contributed by atoms with van der Waals surface area (Å²) in [4.78, 5) is 11.0. The molecule has 3 nitrogen and oxygen atoms in total. The molecule has 1 aliphatic rings. The van der Waals surface area contributed by atoms with Crippen LogP contribution in [0.5, 0.6) is 0 Å². The average Bonchev–Trinajstić information content (AvgIpc) is 2.95. The second kappa shape index (κ2) is 3.61. The number of aliphatic hydroxyl groups is 1. The topological polar surface area (TPSA) is 57.5 Å². The Kier molecular flexibility index (Phi) is 2.56. The van der Waals surface area contributed by atoms with Crippen molar-refractivity contribution in [1.29, 1.82) is 0 Å². The maximum atomic E-state index is 11.0. The number of rotatable bonds is 3. The highest BCUT2D eigenvalue weighted by Crippen LogP contribution is 2.59. The van der Waals surface area contributed by atoms with Gasteiger partial charge in [-0.15, -0.1) is 0 Å². The molecule has 2 unspecified atom stereocenters. The van der Waals surface area contributed by atoms with Crippen LogP contribution in [0.1, 0.15) is 17.9 Å². The van der Waals surface area contributed by atoms with Crippen LogP contribution in [-0.2, 0) is 4.79 Å². The van der Waals surface area contributed by atoms with E-state index >= 15 is 0 Å². The SMILES string of the molecule is O=C(O)C1(CO)CC1c1ccc(Br)cc1. The molecule has 2 rings (SSSR count). The van der Waals surface area contributed by atoms with Crippen molar-refractivity contribution in [2.75, 3.05) is 6.61 Å². The van der Waals surface area contributed by atoms with E-state index in [0.717, 1.165) is 10.0 Å². The fourth-order valence-electron chi connectivity index (χ4n) is 1.92. The summed E-state index contributed by atoms with van der Waals surface area (Å²) < 4.78 is 0.969. The van der Waals surface area contributed by atoms with E-state index < -0.39 is 11.4 Å². The van der Waals surface area contributed by atoms with Gasteiger partial charge >= 0.3 is 5.97 Å². The summed E-state index contributed by atoms with van der Waals surface area (Å²) in [6.45, 7) is -0.289. The van der Waals surface area contributed by atoms with Crippen LogP contribution in [0.2, 0.25) is 0 Å². The molecule has 0 heterocycles. The van der Waals surface area contributed by atoms with Crippen molar-refractivity contribution in [1.82, 2.24) is 0 Å². The van der Waals surface area contributed by atoms with E-state index in [1.807, 2.05) is 24.3 Å². The Balaban J connectivity index is 2.22. The van der Waals surface area contributed by atoms with Crippen molar-refractivity contribution < 1.29 is 15.0 Å². The third-order valence-corrected chi connectivity index (χ3v) is 3.58. The number of carboxylic acid groups (broad SMARTS) is 1. The van der Waals surface area contributed by atoms with E-state index in [0.29, 0.717) is 6.42 Å². The molecule has 1 aromatic rings. The number of benzene rings is 1. The summed E-state index contributed by atoms with van der Waals surface area (Å²) in [5.74, 6) is -0.953. The first-order valence-corrected chi connectivity index (χ1v) is 5.49. The lowest BCUT2D eigenvalue weighted by Crippen LogP contribution is -2.21. The van der Waals surface area contributed by atoms with Crippen molar-refractivity contribution in [2.45, 2.75) is 12.3 Å². The number of halogens is 1. The molecule has 0 aromatic heterocycles. The number of hydrogen-bond donors (Lipinski definition) is 2. The lowest BCUT2D eigenvalue weighted by Gasteiger charge is -2.08. The van der Waals surface area contributed by atoms with Gasteiger partial charge in [0.25, 0.3) is 0 Å². The highest BCUT2D eigenvalue weighted by atomic mass is 79.9.